The molecule has 0 atom stereocenters. The molecule has 1 aromatic rings. The molecule has 1 nitrogen and oxygen atoms in total. The van der Waals surface area contributed by atoms with Crippen molar-refractivity contribution in [1.82, 2.24) is 0 Å². The Hall–Kier alpha value is 0.0400. The molecule has 0 amide bonds. The van der Waals surface area contributed by atoms with Crippen LogP contribution in [-0.4, -0.2) is 6.04 Å². The second kappa shape index (κ2) is 6.47. The van der Waals surface area contributed by atoms with E-state index in [2.05, 4.69) is 47.8 Å². The van der Waals surface area contributed by atoms with Crippen LogP contribution in [0.25, 0.3) is 0 Å². The van der Waals surface area contributed by atoms with Crippen molar-refractivity contribution in [2.24, 2.45) is 11.8 Å². The number of nitrogens with one attached hydrogen (secondary N) is 1. The van der Waals surface area contributed by atoms with Gasteiger partial charge in [0.05, 0.1) is 0 Å². The summed E-state index contributed by atoms with van der Waals surface area (Å²) in [7, 11) is 0. The highest BCUT2D eigenvalue weighted by molar-refractivity contribution is 14.1. The third-order valence-electron chi connectivity index (χ3n) is 4.01. The minimum absolute atomic E-state index is 0.634. The molecule has 1 aromatic carbocycles. The maximum Gasteiger partial charge on any atom is 0.0479 e. The molecular formula is C15H21ClIN. The Balaban J connectivity index is 1.91. The first-order chi connectivity index (χ1) is 8.56. The molecule has 1 N–H and O–H groups in total. The van der Waals surface area contributed by atoms with Crippen molar-refractivity contribution in [1.29, 1.82) is 0 Å². The van der Waals surface area contributed by atoms with Crippen LogP contribution in [-0.2, 0) is 0 Å². The summed E-state index contributed by atoms with van der Waals surface area (Å²) in [6.07, 6.45) is 5.31. The van der Waals surface area contributed by atoms with Gasteiger partial charge in [-0.3, -0.25) is 0 Å². The molecule has 0 unspecified atom stereocenters. The normalized spacial score (nSPS) is 24.3. The topological polar surface area (TPSA) is 12.0 Å². The lowest BCUT2D eigenvalue weighted by Crippen LogP contribution is -2.28. The zero-order valence-corrected chi connectivity index (χ0v) is 14.0. The monoisotopic (exact) mass is 377 g/mol. The van der Waals surface area contributed by atoms with E-state index in [1.807, 2.05) is 12.1 Å². The van der Waals surface area contributed by atoms with Crippen LogP contribution in [0.5, 0.6) is 0 Å². The SMILES string of the molecule is CC(C)C1CCC(Nc2ccc(Cl)cc2I)CC1. The standard InChI is InChI=1S/C15H21ClIN/c1-10(2)11-3-6-13(7-4-11)18-15-8-5-12(16)9-14(15)17/h5,8-11,13,18H,3-4,6-7H2,1-2H3. The van der Waals surface area contributed by atoms with E-state index in [0.717, 1.165) is 16.9 Å². The molecule has 2 rings (SSSR count). The number of hydrogen-bond acceptors (Lipinski definition) is 1. The van der Waals surface area contributed by atoms with E-state index < -0.39 is 0 Å². The van der Waals surface area contributed by atoms with E-state index in [1.165, 1.54) is 34.9 Å². The molecule has 1 saturated carbocycles. The van der Waals surface area contributed by atoms with Crippen LogP contribution in [0.4, 0.5) is 5.69 Å². The summed E-state index contributed by atoms with van der Waals surface area (Å²) in [6, 6.07) is 6.71. The molecule has 0 saturated heterocycles. The zero-order chi connectivity index (χ0) is 13.1. The molecule has 1 aliphatic carbocycles. The van der Waals surface area contributed by atoms with E-state index in [9.17, 15) is 0 Å². The molecule has 100 valence electrons. The van der Waals surface area contributed by atoms with E-state index in [0.29, 0.717) is 6.04 Å². The van der Waals surface area contributed by atoms with Gasteiger partial charge < -0.3 is 5.32 Å². The van der Waals surface area contributed by atoms with Gasteiger partial charge in [-0.2, -0.15) is 0 Å². The molecule has 1 fully saturated rings. The third-order valence-corrected chi connectivity index (χ3v) is 5.13. The Labute approximate surface area is 129 Å². The number of rotatable bonds is 3. The highest BCUT2D eigenvalue weighted by Crippen LogP contribution is 2.32. The van der Waals surface area contributed by atoms with Gasteiger partial charge in [-0.05, 0) is 78.3 Å². The van der Waals surface area contributed by atoms with Gasteiger partial charge in [-0.15, -0.1) is 0 Å². The van der Waals surface area contributed by atoms with Crippen LogP contribution in [0.2, 0.25) is 5.02 Å². The highest BCUT2D eigenvalue weighted by atomic mass is 127. The van der Waals surface area contributed by atoms with Gasteiger partial charge >= 0.3 is 0 Å². The lowest BCUT2D eigenvalue weighted by atomic mass is 9.79. The van der Waals surface area contributed by atoms with Crippen molar-refractivity contribution >= 4 is 39.9 Å². The van der Waals surface area contributed by atoms with Crippen molar-refractivity contribution in [2.45, 2.75) is 45.6 Å². The molecule has 3 heteroatoms. The van der Waals surface area contributed by atoms with Crippen LogP contribution in [0.3, 0.4) is 0 Å². The van der Waals surface area contributed by atoms with Gasteiger partial charge in [0.2, 0.25) is 0 Å². The summed E-state index contributed by atoms with van der Waals surface area (Å²) < 4.78 is 1.21. The minimum atomic E-state index is 0.634. The van der Waals surface area contributed by atoms with E-state index in [4.69, 9.17) is 11.6 Å². The number of hydrogen-bond donors (Lipinski definition) is 1. The van der Waals surface area contributed by atoms with Gasteiger partial charge in [-0.1, -0.05) is 25.4 Å². The fourth-order valence-electron chi connectivity index (χ4n) is 2.76. The smallest absolute Gasteiger partial charge is 0.0479 e. The van der Waals surface area contributed by atoms with Crippen molar-refractivity contribution in [3.63, 3.8) is 0 Å². The first-order valence-corrected chi connectivity index (χ1v) is 8.23. The summed E-state index contributed by atoms with van der Waals surface area (Å²) in [5.74, 6) is 1.76. The van der Waals surface area contributed by atoms with Crippen LogP contribution in [0.1, 0.15) is 39.5 Å². The largest absolute Gasteiger partial charge is 0.381 e. The van der Waals surface area contributed by atoms with Gasteiger partial charge in [0.25, 0.3) is 0 Å². The van der Waals surface area contributed by atoms with E-state index in [1.54, 1.807) is 0 Å². The summed E-state index contributed by atoms with van der Waals surface area (Å²) in [5, 5.41) is 4.48. The lowest BCUT2D eigenvalue weighted by Gasteiger charge is -2.32. The Morgan fingerprint density at radius 3 is 2.44 bits per heavy atom. The van der Waals surface area contributed by atoms with E-state index >= 15 is 0 Å². The molecule has 0 heterocycles. The summed E-state index contributed by atoms with van der Waals surface area (Å²) >= 11 is 8.33. The quantitative estimate of drug-likeness (QED) is 0.679. The predicted molar refractivity (Wildman–Crippen MR) is 88.4 cm³/mol. The second-order valence-electron chi connectivity index (χ2n) is 5.62. The fraction of sp³-hybridized carbons (Fsp3) is 0.600. The fourth-order valence-corrected chi connectivity index (χ4v) is 3.78. The number of halogens is 2. The Morgan fingerprint density at radius 2 is 1.89 bits per heavy atom. The predicted octanol–water partition coefficient (Wildman–Crippen LogP) is 5.57. The minimum Gasteiger partial charge on any atom is -0.381 e. The van der Waals surface area contributed by atoms with Crippen LogP contribution in [0, 0.1) is 15.4 Å². The molecule has 0 spiro atoms. The maximum absolute atomic E-state index is 5.98. The molecule has 0 aliphatic heterocycles. The molecule has 1 aliphatic rings. The summed E-state index contributed by atoms with van der Waals surface area (Å²) in [4.78, 5) is 0. The number of anilines is 1. The van der Waals surface area contributed by atoms with Gasteiger partial charge in [0.15, 0.2) is 0 Å². The van der Waals surface area contributed by atoms with Gasteiger partial charge in [0, 0.05) is 20.3 Å². The highest BCUT2D eigenvalue weighted by Gasteiger charge is 2.23. The molecule has 0 aromatic heterocycles. The maximum atomic E-state index is 5.98. The van der Waals surface area contributed by atoms with Crippen LogP contribution >= 0.6 is 34.2 Å². The molecule has 0 bridgehead atoms. The third kappa shape index (κ3) is 3.77. The van der Waals surface area contributed by atoms with Crippen LogP contribution in [0.15, 0.2) is 18.2 Å². The van der Waals surface area contributed by atoms with Crippen LogP contribution < -0.4 is 5.32 Å². The summed E-state index contributed by atoms with van der Waals surface area (Å²) in [5.41, 5.74) is 1.23. The number of benzene rings is 1. The Morgan fingerprint density at radius 1 is 1.22 bits per heavy atom. The lowest BCUT2D eigenvalue weighted by molar-refractivity contribution is 0.267. The summed E-state index contributed by atoms with van der Waals surface area (Å²) in [6.45, 7) is 4.70. The van der Waals surface area contributed by atoms with Crippen molar-refractivity contribution in [2.75, 3.05) is 5.32 Å². The molecule has 0 radical (unpaired) electrons. The Kier molecular flexibility index (Phi) is 5.19. The Bertz CT molecular complexity index is 397. The average molecular weight is 378 g/mol. The molecule has 18 heavy (non-hydrogen) atoms. The van der Waals surface area contributed by atoms with Gasteiger partial charge in [-0.25, -0.2) is 0 Å². The average Bonchev–Trinajstić information content (AvgIpc) is 2.33. The van der Waals surface area contributed by atoms with Crippen molar-refractivity contribution < 1.29 is 0 Å². The van der Waals surface area contributed by atoms with Crippen molar-refractivity contribution in [3.8, 4) is 0 Å². The second-order valence-corrected chi connectivity index (χ2v) is 7.22. The molecular weight excluding hydrogens is 357 g/mol. The first kappa shape index (κ1) is 14.4. The zero-order valence-electron chi connectivity index (χ0n) is 11.0. The first-order valence-electron chi connectivity index (χ1n) is 6.78. The van der Waals surface area contributed by atoms with E-state index in [-0.39, 0.29) is 0 Å². The van der Waals surface area contributed by atoms with Gasteiger partial charge in [0.1, 0.15) is 0 Å². The van der Waals surface area contributed by atoms with Crippen molar-refractivity contribution in [3.05, 3.63) is 26.8 Å².